The lowest BCUT2D eigenvalue weighted by molar-refractivity contribution is 0.390. The number of pyridine rings is 1. The fraction of sp³-hybridized carbons (Fsp3) is 0.389. The molecule has 0 N–H and O–H groups in total. The third-order valence-electron chi connectivity index (χ3n) is 3.57. The number of nitrogens with zero attached hydrogens (tertiary/aromatic N) is 2. The number of rotatable bonds is 5. The third kappa shape index (κ3) is 3.91. The molecule has 1 aromatic carbocycles. The molecular formula is C18H24N2. The van der Waals surface area contributed by atoms with Crippen LogP contribution in [-0.2, 0) is 0 Å². The van der Waals surface area contributed by atoms with Crippen molar-refractivity contribution in [3.8, 4) is 0 Å². The number of hydrogen-bond donors (Lipinski definition) is 0. The van der Waals surface area contributed by atoms with Gasteiger partial charge in [-0.2, -0.15) is 0 Å². The van der Waals surface area contributed by atoms with Crippen molar-refractivity contribution in [1.82, 2.24) is 9.88 Å². The van der Waals surface area contributed by atoms with Crippen molar-refractivity contribution < 1.29 is 0 Å². The summed E-state index contributed by atoms with van der Waals surface area (Å²) in [5.41, 5.74) is 4.97. The molecule has 20 heavy (non-hydrogen) atoms. The van der Waals surface area contributed by atoms with E-state index in [1.54, 1.807) is 0 Å². The van der Waals surface area contributed by atoms with E-state index in [4.69, 9.17) is 0 Å². The molecule has 0 amide bonds. The van der Waals surface area contributed by atoms with Gasteiger partial charge in [0.25, 0.3) is 0 Å². The van der Waals surface area contributed by atoms with Gasteiger partial charge in [0.2, 0.25) is 0 Å². The van der Waals surface area contributed by atoms with Crippen LogP contribution in [0.15, 0.2) is 42.5 Å². The van der Waals surface area contributed by atoms with Crippen molar-refractivity contribution in [1.29, 1.82) is 0 Å². The molecule has 106 valence electrons. The smallest absolute Gasteiger partial charge is 0.0378 e. The van der Waals surface area contributed by atoms with E-state index in [9.17, 15) is 0 Å². The molecule has 0 radical (unpaired) electrons. The Bertz CT molecular complexity index is 526. The van der Waals surface area contributed by atoms with Crippen LogP contribution in [0.1, 0.15) is 34.9 Å². The van der Waals surface area contributed by atoms with E-state index in [0.717, 1.165) is 24.4 Å². The monoisotopic (exact) mass is 268 g/mol. The van der Waals surface area contributed by atoms with Crippen molar-refractivity contribution in [2.24, 2.45) is 0 Å². The summed E-state index contributed by atoms with van der Waals surface area (Å²) < 4.78 is 0. The van der Waals surface area contributed by atoms with Crippen molar-refractivity contribution in [2.45, 2.75) is 26.2 Å². The molecule has 2 nitrogen and oxygen atoms in total. The Morgan fingerprint density at radius 2 is 1.55 bits per heavy atom. The van der Waals surface area contributed by atoms with Gasteiger partial charge in [0.15, 0.2) is 0 Å². The minimum atomic E-state index is 0.444. The largest absolute Gasteiger partial charge is 0.309 e. The first-order valence-electron chi connectivity index (χ1n) is 7.21. The highest BCUT2D eigenvalue weighted by atomic mass is 15.0. The van der Waals surface area contributed by atoms with E-state index in [0.29, 0.717) is 5.92 Å². The van der Waals surface area contributed by atoms with Gasteiger partial charge in [0, 0.05) is 17.3 Å². The van der Waals surface area contributed by atoms with Gasteiger partial charge in [0.1, 0.15) is 0 Å². The van der Waals surface area contributed by atoms with Crippen LogP contribution in [0.25, 0.3) is 0 Å². The molecule has 0 spiro atoms. The standard InChI is InChI=1S/C18H24N2/c1-14-12-17(13-15(2)19-14)18(10-11-20(3)4)16-8-6-5-7-9-16/h5-9,12-13,18H,10-11H2,1-4H3. The van der Waals surface area contributed by atoms with Gasteiger partial charge in [-0.05, 0) is 64.2 Å². The summed E-state index contributed by atoms with van der Waals surface area (Å²) in [6, 6.07) is 15.2. The third-order valence-corrected chi connectivity index (χ3v) is 3.57. The predicted molar refractivity (Wildman–Crippen MR) is 85.2 cm³/mol. The summed E-state index contributed by atoms with van der Waals surface area (Å²) in [7, 11) is 4.26. The summed E-state index contributed by atoms with van der Waals surface area (Å²) in [5, 5.41) is 0. The molecule has 1 unspecified atom stereocenters. The van der Waals surface area contributed by atoms with Gasteiger partial charge in [0.05, 0.1) is 0 Å². The maximum atomic E-state index is 4.50. The van der Waals surface area contributed by atoms with Crippen LogP contribution in [0, 0.1) is 13.8 Å². The Morgan fingerprint density at radius 3 is 2.10 bits per heavy atom. The van der Waals surface area contributed by atoms with Crippen molar-refractivity contribution >= 4 is 0 Å². The predicted octanol–water partition coefficient (Wildman–Crippen LogP) is 3.78. The van der Waals surface area contributed by atoms with Gasteiger partial charge in [-0.3, -0.25) is 4.98 Å². The Kier molecular flexibility index (Phi) is 4.91. The minimum Gasteiger partial charge on any atom is -0.309 e. The number of benzene rings is 1. The molecule has 2 aromatic rings. The van der Waals surface area contributed by atoms with Crippen LogP contribution in [0.4, 0.5) is 0 Å². The van der Waals surface area contributed by atoms with Crippen LogP contribution in [0.2, 0.25) is 0 Å². The molecule has 0 aliphatic heterocycles. The zero-order valence-electron chi connectivity index (χ0n) is 12.9. The number of aryl methyl sites for hydroxylation is 2. The van der Waals surface area contributed by atoms with Crippen molar-refractivity contribution in [3.63, 3.8) is 0 Å². The Hall–Kier alpha value is -1.67. The van der Waals surface area contributed by atoms with Gasteiger partial charge >= 0.3 is 0 Å². The van der Waals surface area contributed by atoms with Gasteiger partial charge < -0.3 is 4.90 Å². The molecule has 1 aromatic heterocycles. The Labute approximate surface area is 122 Å². The van der Waals surface area contributed by atoms with Gasteiger partial charge in [-0.25, -0.2) is 0 Å². The second kappa shape index (κ2) is 6.67. The topological polar surface area (TPSA) is 16.1 Å². The van der Waals surface area contributed by atoms with E-state index in [2.05, 4.69) is 80.3 Å². The Balaban J connectivity index is 2.35. The molecule has 0 fully saturated rings. The maximum Gasteiger partial charge on any atom is 0.0378 e. The summed E-state index contributed by atoms with van der Waals surface area (Å²) in [4.78, 5) is 6.74. The molecule has 2 rings (SSSR count). The second-order valence-corrected chi connectivity index (χ2v) is 5.74. The van der Waals surface area contributed by atoms with Crippen LogP contribution in [-0.4, -0.2) is 30.5 Å². The van der Waals surface area contributed by atoms with Gasteiger partial charge in [-0.15, -0.1) is 0 Å². The molecule has 0 saturated heterocycles. The van der Waals surface area contributed by atoms with Crippen molar-refractivity contribution in [3.05, 3.63) is 65.0 Å². The first-order valence-corrected chi connectivity index (χ1v) is 7.21. The van der Waals surface area contributed by atoms with E-state index < -0.39 is 0 Å². The minimum absolute atomic E-state index is 0.444. The zero-order chi connectivity index (χ0) is 14.5. The molecule has 0 aliphatic rings. The highest BCUT2D eigenvalue weighted by Gasteiger charge is 2.15. The molecule has 0 aliphatic carbocycles. The highest BCUT2D eigenvalue weighted by Crippen LogP contribution is 2.28. The zero-order valence-corrected chi connectivity index (χ0v) is 12.9. The van der Waals surface area contributed by atoms with Crippen LogP contribution < -0.4 is 0 Å². The lowest BCUT2D eigenvalue weighted by Crippen LogP contribution is -2.16. The van der Waals surface area contributed by atoms with E-state index >= 15 is 0 Å². The molecular weight excluding hydrogens is 244 g/mol. The van der Waals surface area contributed by atoms with Crippen LogP contribution in [0.5, 0.6) is 0 Å². The second-order valence-electron chi connectivity index (χ2n) is 5.74. The molecule has 0 bridgehead atoms. The van der Waals surface area contributed by atoms with Gasteiger partial charge in [-0.1, -0.05) is 30.3 Å². The average Bonchev–Trinajstić information content (AvgIpc) is 2.38. The van der Waals surface area contributed by atoms with E-state index in [-0.39, 0.29) is 0 Å². The quantitative estimate of drug-likeness (QED) is 0.820. The van der Waals surface area contributed by atoms with Crippen LogP contribution in [0.3, 0.4) is 0 Å². The van der Waals surface area contributed by atoms with E-state index in [1.165, 1.54) is 11.1 Å². The lowest BCUT2D eigenvalue weighted by Gasteiger charge is -2.21. The Morgan fingerprint density at radius 1 is 0.950 bits per heavy atom. The molecule has 1 atom stereocenters. The number of aromatic nitrogens is 1. The first kappa shape index (κ1) is 14.7. The average molecular weight is 268 g/mol. The summed E-state index contributed by atoms with van der Waals surface area (Å²) in [6.07, 6.45) is 1.12. The fourth-order valence-corrected chi connectivity index (χ4v) is 2.67. The summed E-state index contributed by atoms with van der Waals surface area (Å²) >= 11 is 0. The molecule has 1 heterocycles. The normalized spacial score (nSPS) is 12.7. The maximum absolute atomic E-state index is 4.50. The summed E-state index contributed by atoms with van der Waals surface area (Å²) in [6.45, 7) is 5.23. The molecule has 0 saturated carbocycles. The first-order chi connectivity index (χ1) is 9.56. The SMILES string of the molecule is Cc1cc(C(CCN(C)C)c2ccccc2)cc(C)n1. The highest BCUT2D eigenvalue weighted by molar-refractivity contribution is 5.34. The molecule has 2 heteroatoms. The fourth-order valence-electron chi connectivity index (χ4n) is 2.67. The van der Waals surface area contributed by atoms with E-state index in [1.807, 2.05) is 0 Å². The van der Waals surface area contributed by atoms with Crippen molar-refractivity contribution in [2.75, 3.05) is 20.6 Å². The summed E-state index contributed by atoms with van der Waals surface area (Å²) in [5.74, 6) is 0.444. The lowest BCUT2D eigenvalue weighted by atomic mass is 9.88. The number of hydrogen-bond acceptors (Lipinski definition) is 2. The van der Waals surface area contributed by atoms with Crippen LogP contribution >= 0.6 is 0 Å².